The Morgan fingerprint density at radius 3 is 2.50 bits per heavy atom. The average molecular weight is 305 g/mol. The van der Waals surface area contributed by atoms with E-state index >= 15 is 0 Å². The van der Waals surface area contributed by atoms with Gasteiger partial charge >= 0.3 is 0 Å². The van der Waals surface area contributed by atoms with Crippen molar-refractivity contribution >= 4 is 18.3 Å². The Balaban J connectivity index is 0.00000200. The van der Waals surface area contributed by atoms with E-state index < -0.39 is 0 Å². The fourth-order valence-electron chi connectivity index (χ4n) is 3.53. The Morgan fingerprint density at radius 1 is 1.25 bits per heavy atom. The van der Waals surface area contributed by atoms with Crippen LogP contribution in [0.15, 0.2) is 0 Å². The molecule has 2 aliphatic rings. The molecule has 118 valence electrons. The molecule has 1 heterocycles. The van der Waals surface area contributed by atoms with Crippen molar-refractivity contribution in [3.05, 3.63) is 0 Å². The minimum atomic E-state index is -0.231. The molecule has 1 aliphatic heterocycles. The molecule has 20 heavy (non-hydrogen) atoms. The lowest BCUT2D eigenvalue weighted by atomic mass is 9.81. The standard InChI is InChI=1S/C15H28N2O2.ClH/c1-14(6-5-9-16-10-14)13(18)17-11-15(12-19-2)7-3-4-8-15;/h16H,3-12H2,1-2H3,(H,17,18);1H. The third-order valence-corrected chi connectivity index (χ3v) is 4.88. The number of carbonyl (C=O) groups excluding carboxylic acids is 1. The molecule has 1 amide bonds. The molecule has 2 fully saturated rings. The lowest BCUT2D eigenvalue weighted by Crippen LogP contribution is -2.51. The molecule has 4 nitrogen and oxygen atoms in total. The van der Waals surface area contributed by atoms with Gasteiger partial charge in [-0.25, -0.2) is 0 Å². The Bertz CT molecular complexity index is 311. The molecule has 1 saturated heterocycles. The van der Waals surface area contributed by atoms with Gasteiger partial charge in [0.15, 0.2) is 0 Å². The van der Waals surface area contributed by atoms with Gasteiger partial charge in [-0.3, -0.25) is 4.79 Å². The van der Waals surface area contributed by atoms with Crippen molar-refractivity contribution < 1.29 is 9.53 Å². The minimum Gasteiger partial charge on any atom is -0.384 e. The maximum atomic E-state index is 12.4. The summed E-state index contributed by atoms with van der Waals surface area (Å²) >= 11 is 0. The summed E-state index contributed by atoms with van der Waals surface area (Å²) in [5, 5.41) is 6.53. The molecule has 0 aromatic rings. The number of hydrogen-bond acceptors (Lipinski definition) is 3. The molecule has 2 rings (SSSR count). The van der Waals surface area contributed by atoms with Crippen molar-refractivity contribution in [2.75, 3.05) is 33.4 Å². The van der Waals surface area contributed by atoms with Gasteiger partial charge in [0.1, 0.15) is 0 Å². The van der Waals surface area contributed by atoms with E-state index in [1.165, 1.54) is 25.7 Å². The van der Waals surface area contributed by atoms with Crippen LogP contribution in [0.25, 0.3) is 0 Å². The maximum absolute atomic E-state index is 12.4. The van der Waals surface area contributed by atoms with Crippen LogP contribution in [0.4, 0.5) is 0 Å². The number of rotatable bonds is 5. The first kappa shape index (κ1) is 17.7. The number of piperidine rings is 1. The number of halogens is 1. The Kier molecular flexibility index (Phi) is 6.76. The zero-order valence-corrected chi connectivity index (χ0v) is 13.6. The van der Waals surface area contributed by atoms with E-state index in [-0.39, 0.29) is 29.1 Å². The second-order valence-corrected chi connectivity index (χ2v) is 6.66. The van der Waals surface area contributed by atoms with Crippen molar-refractivity contribution in [1.29, 1.82) is 0 Å². The van der Waals surface area contributed by atoms with Crippen molar-refractivity contribution in [3.8, 4) is 0 Å². The third-order valence-electron chi connectivity index (χ3n) is 4.88. The van der Waals surface area contributed by atoms with Crippen LogP contribution in [0.2, 0.25) is 0 Å². The highest BCUT2D eigenvalue weighted by Gasteiger charge is 2.38. The molecule has 1 atom stereocenters. The SMILES string of the molecule is COCC1(CNC(=O)C2(C)CCCNC2)CCCC1.Cl. The van der Waals surface area contributed by atoms with Crippen LogP contribution in [-0.4, -0.2) is 39.3 Å². The number of carbonyl (C=O) groups is 1. The Morgan fingerprint density at radius 2 is 1.95 bits per heavy atom. The number of ether oxygens (including phenoxy) is 1. The largest absolute Gasteiger partial charge is 0.384 e. The van der Waals surface area contributed by atoms with Crippen LogP contribution < -0.4 is 10.6 Å². The molecule has 1 unspecified atom stereocenters. The Labute approximate surface area is 128 Å². The lowest BCUT2D eigenvalue weighted by Gasteiger charge is -2.35. The normalized spacial score (nSPS) is 28.7. The van der Waals surface area contributed by atoms with Crippen LogP contribution >= 0.6 is 12.4 Å². The zero-order chi connectivity index (χ0) is 13.8. The smallest absolute Gasteiger partial charge is 0.227 e. The quantitative estimate of drug-likeness (QED) is 0.818. The first-order valence-corrected chi connectivity index (χ1v) is 7.58. The molecule has 1 saturated carbocycles. The maximum Gasteiger partial charge on any atom is 0.227 e. The molecular formula is C15H29ClN2O2. The number of nitrogens with one attached hydrogen (secondary N) is 2. The summed E-state index contributed by atoms with van der Waals surface area (Å²) in [5.74, 6) is 0.210. The predicted molar refractivity (Wildman–Crippen MR) is 83.2 cm³/mol. The number of methoxy groups -OCH3 is 1. The van der Waals surface area contributed by atoms with E-state index in [0.29, 0.717) is 0 Å². The van der Waals surface area contributed by atoms with Crippen molar-refractivity contribution in [2.24, 2.45) is 10.8 Å². The zero-order valence-electron chi connectivity index (χ0n) is 12.8. The van der Waals surface area contributed by atoms with Gasteiger partial charge < -0.3 is 15.4 Å². The molecule has 5 heteroatoms. The molecule has 0 aromatic heterocycles. The summed E-state index contributed by atoms with van der Waals surface area (Å²) < 4.78 is 5.37. The van der Waals surface area contributed by atoms with Gasteiger partial charge in [0.25, 0.3) is 0 Å². The monoisotopic (exact) mass is 304 g/mol. The van der Waals surface area contributed by atoms with Crippen molar-refractivity contribution in [3.63, 3.8) is 0 Å². The molecule has 2 N–H and O–H groups in total. The van der Waals surface area contributed by atoms with Gasteiger partial charge in [-0.05, 0) is 39.2 Å². The second kappa shape index (κ2) is 7.62. The summed E-state index contributed by atoms with van der Waals surface area (Å²) in [6.07, 6.45) is 6.96. The summed E-state index contributed by atoms with van der Waals surface area (Å²) in [5.41, 5.74) is -0.0476. The van der Waals surface area contributed by atoms with Crippen LogP contribution in [0, 0.1) is 10.8 Å². The summed E-state index contributed by atoms with van der Waals surface area (Å²) in [6, 6.07) is 0. The van der Waals surface area contributed by atoms with E-state index in [2.05, 4.69) is 17.6 Å². The van der Waals surface area contributed by atoms with E-state index in [1.807, 2.05) is 0 Å². The average Bonchev–Trinajstić information content (AvgIpc) is 2.86. The predicted octanol–water partition coefficient (Wildman–Crippen LogP) is 2.12. The highest BCUT2D eigenvalue weighted by molar-refractivity contribution is 5.85. The molecule has 0 radical (unpaired) electrons. The molecule has 0 spiro atoms. The summed E-state index contributed by atoms with van der Waals surface area (Å²) in [6.45, 7) is 5.45. The van der Waals surface area contributed by atoms with E-state index in [1.54, 1.807) is 7.11 Å². The van der Waals surface area contributed by atoms with Crippen molar-refractivity contribution in [2.45, 2.75) is 45.4 Å². The van der Waals surface area contributed by atoms with Gasteiger partial charge in [0, 0.05) is 25.6 Å². The number of hydrogen-bond donors (Lipinski definition) is 2. The van der Waals surface area contributed by atoms with Crippen LogP contribution in [0.5, 0.6) is 0 Å². The summed E-state index contributed by atoms with van der Waals surface area (Å²) in [7, 11) is 1.76. The molecular weight excluding hydrogens is 276 g/mol. The van der Waals surface area contributed by atoms with Crippen LogP contribution in [0.1, 0.15) is 45.4 Å². The van der Waals surface area contributed by atoms with Gasteiger partial charge in [0.2, 0.25) is 5.91 Å². The third kappa shape index (κ3) is 4.09. The van der Waals surface area contributed by atoms with Crippen LogP contribution in [0.3, 0.4) is 0 Å². The lowest BCUT2D eigenvalue weighted by molar-refractivity contribution is -0.131. The molecule has 0 bridgehead atoms. The first-order chi connectivity index (χ1) is 9.10. The number of amides is 1. The fraction of sp³-hybridized carbons (Fsp3) is 0.933. The van der Waals surface area contributed by atoms with Gasteiger partial charge in [-0.1, -0.05) is 12.8 Å². The highest BCUT2D eigenvalue weighted by atomic mass is 35.5. The molecule has 1 aliphatic carbocycles. The second-order valence-electron chi connectivity index (χ2n) is 6.66. The van der Waals surface area contributed by atoms with E-state index in [4.69, 9.17) is 4.74 Å². The summed E-state index contributed by atoms with van der Waals surface area (Å²) in [4.78, 5) is 12.4. The van der Waals surface area contributed by atoms with Crippen LogP contribution in [-0.2, 0) is 9.53 Å². The Hall–Kier alpha value is -0.320. The highest BCUT2D eigenvalue weighted by Crippen LogP contribution is 2.38. The van der Waals surface area contributed by atoms with E-state index in [0.717, 1.165) is 39.1 Å². The molecule has 0 aromatic carbocycles. The minimum absolute atomic E-state index is 0. The van der Waals surface area contributed by atoms with Crippen molar-refractivity contribution in [1.82, 2.24) is 10.6 Å². The topological polar surface area (TPSA) is 50.4 Å². The van der Waals surface area contributed by atoms with Gasteiger partial charge in [0.05, 0.1) is 12.0 Å². The first-order valence-electron chi connectivity index (χ1n) is 7.58. The fourth-order valence-corrected chi connectivity index (χ4v) is 3.53. The van der Waals surface area contributed by atoms with Gasteiger partial charge in [-0.15, -0.1) is 12.4 Å². The van der Waals surface area contributed by atoms with E-state index in [9.17, 15) is 4.79 Å². The van der Waals surface area contributed by atoms with Gasteiger partial charge in [-0.2, -0.15) is 0 Å².